The van der Waals surface area contributed by atoms with Gasteiger partial charge in [-0.1, -0.05) is 12.1 Å². The molecule has 2 N–H and O–H groups in total. The Morgan fingerprint density at radius 2 is 2.24 bits per heavy atom. The van der Waals surface area contributed by atoms with Crippen LogP contribution in [0.3, 0.4) is 0 Å². The summed E-state index contributed by atoms with van der Waals surface area (Å²) in [5, 5.41) is 6.37. The minimum Gasteiger partial charge on any atom is -0.381 e. The Morgan fingerprint density at radius 3 is 3.04 bits per heavy atom. The zero-order valence-corrected chi connectivity index (χ0v) is 14.5. The van der Waals surface area contributed by atoms with Crippen molar-refractivity contribution in [2.75, 3.05) is 26.8 Å². The Balaban J connectivity index is 1.62. The summed E-state index contributed by atoms with van der Waals surface area (Å²) in [6.07, 6.45) is 4.88. The Morgan fingerprint density at radius 1 is 1.40 bits per heavy atom. The number of benzene rings is 1. The van der Waals surface area contributed by atoms with E-state index in [1.54, 1.807) is 7.05 Å². The number of aromatic nitrogens is 2. The Hall–Kier alpha value is -2.18. The van der Waals surface area contributed by atoms with E-state index in [1.165, 1.54) is 11.4 Å². The van der Waals surface area contributed by atoms with Gasteiger partial charge < -0.3 is 19.9 Å². The first-order valence-electron chi connectivity index (χ1n) is 8.90. The van der Waals surface area contributed by atoms with Gasteiger partial charge in [0, 0.05) is 51.0 Å². The summed E-state index contributed by atoms with van der Waals surface area (Å²) in [6.45, 7) is 3.28. The van der Waals surface area contributed by atoms with Crippen molar-refractivity contribution in [3.63, 3.8) is 0 Å². The quantitative estimate of drug-likeness (QED) is 0.887. The summed E-state index contributed by atoms with van der Waals surface area (Å²) >= 11 is 0. The molecular weight excluding hydrogens is 316 g/mol. The SMILES string of the molecule is CNC(=O)c1cccc(Cn2cnc3c2CCNC32CCOCC2)c1. The van der Waals surface area contributed by atoms with E-state index in [-0.39, 0.29) is 11.4 Å². The fourth-order valence-corrected chi connectivity index (χ4v) is 3.99. The van der Waals surface area contributed by atoms with E-state index in [4.69, 9.17) is 9.72 Å². The summed E-state index contributed by atoms with van der Waals surface area (Å²) in [7, 11) is 1.65. The van der Waals surface area contributed by atoms with E-state index in [2.05, 4.69) is 21.3 Å². The van der Waals surface area contributed by atoms with Gasteiger partial charge in [-0.3, -0.25) is 4.79 Å². The second-order valence-electron chi connectivity index (χ2n) is 6.82. The third kappa shape index (κ3) is 2.96. The Labute approximate surface area is 147 Å². The summed E-state index contributed by atoms with van der Waals surface area (Å²) in [5.41, 5.74) is 4.27. The van der Waals surface area contributed by atoms with Crippen molar-refractivity contribution >= 4 is 5.91 Å². The molecule has 2 aliphatic heterocycles. The number of imidazole rings is 1. The van der Waals surface area contributed by atoms with Crippen LogP contribution in [0.2, 0.25) is 0 Å². The van der Waals surface area contributed by atoms with E-state index in [0.717, 1.165) is 51.1 Å². The van der Waals surface area contributed by atoms with Crippen molar-refractivity contribution in [3.8, 4) is 0 Å². The molecule has 6 nitrogen and oxygen atoms in total. The second kappa shape index (κ2) is 6.61. The predicted octanol–water partition coefficient (Wildman–Crippen LogP) is 1.44. The highest BCUT2D eigenvalue weighted by molar-refractivity contribution is 5.94. The molecule has 0 unspecified atom stereocenters. The third-order valence-corrected chi connectivity index (χ3v) is 5.34. The molecule has 1 aromatic heterocycles. The van der Waals surface area contributed by atoms with Crippen molar-refractivity contribution in [3.05, 3.63) is 53.1 Å². The van der Waals surface area contributed by atoms with Gasteiger partial charge in [-0.15, -0.1) is 0 Å². The maximum atomic E-state index is 11.9. The highest BCUT2D eigenvalue weighted by Gasteiger charge is 2.40. The van der Waals surface area contributed by atoms with Gasteiger partial charge in [-0.2, -0.15) is 0 Å². The molecule has 0 radical (unpaired) electrons. The summed E-state index contributed by atoms with van der Waals surface area (Å²) in [6, 6.07) is 7.79. The largest absolute Gasteiger partial charge is 0.381 e. The topological polar surface area (TPSA) is 68.2 Å². The van der Waals surface area contributed by atoms with E-state index < -0.39 is 0 Å². The zero-order valence-electron chi connectivity index (χ0n) is 14.5. The first-order chi connectivity index (χ1) is 12.2. The average Bonchev–Trinajstić information content (AvgIpc) is 3.07. The molecule has 2 aromatic rings. The molecule has 3 heterocycles. The van der Waals surface area contributed by atoms with Crippen LogP contribution in [0.1, 0.15) is 40.2 Å². The van der Waals surface area contributed by atoms with E-state index in [9.17, 15) is 4.79 Å². The molecule has 2 aliphatic rings. The highest BCUT2D eigenvalue weighted by atomic mass is 16.5. The lowest BCUT2D eigenvalue weighted by atomic mass is 9.82. The van der Waals surface area contributed by atoms with Gasteiger partial charge in [-0.05, 0) is 30.5 Å². The average molecular weight is 340 g/mol. The van der Waals surface area contributed by atoms with Gasteiger partial charge in [0.05, 0.1) is 17.6 Å². The normalized spacial score (nSPS) is 18.8. The van der Waals surface area contributed by atoms with Gasteiger partial charge >= 0.3 is 0 Å². The molecule has 0 saturated carbocycles. The molecule has 25 heavy (non-hydrogen) atoms. The van der Waals surface area contributed by atoms with Gasteiger partial charge in [0.25, 0.3) is 5.91 Å². The van der Waals surface area contributed by atoms with E-state index >= 15 is 0 Å². The Bertz CT molecular complexity index is 777. The molecule has 1 amide bonds. The van der Waals surface area contributed by atoms with Crippen molar-refractivity contribution < 1.29 is 9.53 Å². The number of nitrogens with one attached hydrogen (secondary N) is 2. The summed E-state index contributed by atoms with van der Waals surface area (Å²) in [5.74, 6) is -0.0557. The fourth-order valence-electron chi connectivity index (χ4n) is 3.99. The number of fused-ring (bicyclic) bond motifs is 2. The van der Waals surface area contributed by atoms with Gasteiger partial charge in [0.1, 0.15) is 0 Å². The van der Waals surface area contributed by atoms with Crippen LogP contribution in [0, 0.1) is 0 Å². The van der Waals surface area contributed by atoms with Crippen molar-refractivity contribution in [1.29, 1.82) is 0 Å². The molecule has 132 valence electrons. The maximum Gasteiger partial charge on any atom is 0.251 e. The number of carbonyl (C=O) groups excluding carboxylic acids is 1. The minimum absolute atomic E-state index is 0.0268. The number of hydrogen-bond acceptors (Lipinski definition) is 4. The zero-order chi connectivity index (χ0) is 17.3. The number of nitrogens with zero attached hydrogens (tertiary/aromatic N) is 2. The molecule has 1 saturated heterocycles. The van der Waals surface area contributed by atoms with Crippen molar-refractivity contribution in [2.45, 2.75) is 31.3 Å². The standard InChI is InChI=1S/C19H24N4O2/c1-20-18(24)15-4-2-3-14(11-15)12-23-13-21-17-16(23)5-8-22-19(17)6-9-25-10-7-19/h2-4,11,13,22H,5-10,12H2,1H3,(H,20,24). The van der Waals surface area contributed by atoms with Crippen LogP contribution in [0.25, 0.3) is 0 Å². The second-order valence-corrected chi connectivity index (χ2v) is 6.82. The minimum atomic E-state index is -0.0557. The van der Waals surface area contributed by atoms with Crippen LogP contribution < -0.4 is 10.6 Å². The molecule has 6 heteroatoms. The van der Waals surface area contributed by atoms with E-state index in [0.29, 0.717) is 5.56 Å². The highest BCUT2D eigenvalue weighted by Crippen LogP contribution is 2.36. The molecular formula is C19H24N4O2. The van der Waals surface area contributed by atoms with Crippen LogP contribution in [0.4, 0.5) is 0 Å². The lowest BCUT2D eigenvalue weighted by molar-refractivity contribution is 0.0322. The van der Waals surface area contributed by atoms with Crippen LogP contribution in [-0.4, -0.2) is 42.3 Å². The molecule has 1 fully saturated rings. The van der Waals surface area contributed by atoms with Crippen LogP contribution >= 0.6 is 0 Å². The lowest BCUT2D eigenvalue weighted by Gasteiger charge is -2.40. The van der Waals surface area contributed by atoms with Crippen molar-refractivity contribution in [2.24, 2.45) is 0 Å². The first kappa shape index (κ1) is 16.3. The monoisotopic (exact) mass is 340 g/mol. The van der Waals surface area contributed by atoms with Crippen molar-refractivity contribution in [1.82, 2.24) is 20.2 Å². The summed E-state index contributed by atoms with van der Waals surface area (Å²) < 4.78 is 7.78. The number of hydrogen-bond donors (Lipinski definition) is 2. The summed E-state index contributed by atoms with van der Waals surface area (Å²) in [4.78, 5) is 16.6. The number of ether oxygens (including phenoxy) is 1. The maximum absolute atomic E-state index is 11.9. The first-order valence-corrected chi connectivity index (χ1v) is 8.90. The fraction of sp³-hybridized carbons (Fsp3) is 0.474. The molecule has 1 spiro atoms. The van der Waals surface area contributed by atoms with Gasteiger partial charge in [0.15, 0.2) is 0 Å². The smallest absolute Gasteiger partial charge is 0.251 e. The molecule has 0 bridgehead atoms. The molecule has 4 rings (SSSR count). The van der Waals surface area contributed by atoms with E-state index in [1.807, 2.05) is 24.5 Å². The molecule has 0 atom stereocenters. The third-order valence-electron chi connectivity index (χ3n) is 5.34. The molecule has 1 aromatic carbocycles. The van der Waals surface area contributed by atoms with Crippen LogP contribution in [-0.2, 0) is 23.2 Å². The number of carbonyl (C=O) groups is 1. The lowest BCUT2D eigenvalue weighted by Crippen LogP contribution is -2.51. The number of amides is 1. The van der Waals surface area contributed by atoms with Crippen LogP contribution in [0.15, 0.2) is 30.6 Å². The predicted molar refractivity (Wildman–Crippen MR) is 94.6 cm³/mol. The Kier molecular flexibility index (Phi) is 4.31. The van der Waals surface area contributed by atoms with Gasteiger partial charge in [-0.25, -0.2) is 4.98 Å². The number of rotatable bonds is 3. The van der Waals surface area contributed by atoms with Crippen LogP contribution in [0.5, 0.6) is 0 Å². The molecule has 0 aliphatic carbocycles. The van der Waals surface area contributed by atoms with Gasteiger partial charge in [0.2, 0.25) is 0 Å².